The third-order valence-corrected chi connectivity index (χ3v) is 7.20. The van der Waals surface area contributed by atoms with Crippen LogP contribution in [0.1, 0.15) is 21.6 Å². The minimum atomic E-state index is -4.63. The number of hydrogen-bond acceptors (Lipinski definition) is 6. The van der Waals surface area contributed by atoms with Gasteiger partial charge < -0.3 is 15.8 Å². The van der Waals surface area contributed by atoms with Crippen LogP contribution in [0.5, 0.6) is 0 Å². The number of thioether (sulfide) groups is 1. The monoisotopic (exact) mass is 580 g/mol. The predicted octanol–water partition coefficient (Wildman–Crippen LogP) is 4.24. The molecule has 3 N–H and O–H groups in total. The number of amides is 1. The maximum absolute atomic E-state index is 14.9. The van der Waals surface area contributed by atoms with Crippen LogP contribution >= 0.6 is 34.4 Å². The summed E-state index contributed by atoms with van der Waals surface area (Å²) in [6.07, 6.45) is -5.15. The molecule has 4 rings (SSSR count). The molecule has 2 aliphatic heterocycles. The number of aliphatic imine (C=N–C) groups is 1. The maximum atomic E-state index is 14.9. The number of pyridine rings is 1. The number of nitrogens with one attached hydrogen (secondary N) is 1. The van der Waals surface area contributed by atoms with Gasteiger partial charge in [0.1, 0.15) is 17.1 Å². The Hall–Kier alpha value is -1.93. The molecule has 2 aromatic rings. The second-order valence-electron chi connectivity index (χ2n) is 7.40. The lowest BCUT2D eigenvalue weighted by Gasteiger charge is -2.36. The molecule has 0 bridgehead atoms. The number of alkyl halides is 4. The van der Waals surface area contributed by atoms with Crippen molar-refractivity contribution in [1.29, 1.82) is 0 Å². The van der Waals surface area contributed by atoms with E-state index in [9.17, 15) is 22.4 Å². The molecular weight excluding hydrogens is 563 g/mol. The highest BCUT2D eigenvalue weighted by molar-refractivity contribution is 14.1. The Kier molecular flexibility index (Phi) is 6.38. The van der Waals surface area contributed by atoms with Gasteiger partial charge in [0.05, 0.1) is 6.61 Å². The van der Waals surface area contributed by atoms with Gasteiger partial charge in [0.15, 0.2) is 11.3 Å². The fraction of sp³-hybridized carbons (Fsp3) is 0.350. The molecule has 1 amide bonds. The number of anilines is 1. The standard InChI is InChI=1S/C20H17F4IN4O2S/c21-14-3-2-11(28-17(30)15-4-1-10(6-25)7-27-15)5-12(14)19-9-31-16(20(22,23)24)13(19)8-32-18(26)29-19/h1-5,7,13,16H,6,8-9H2,(H2,26,29)(H,28,30)/t13-,16+,19-/m1/s1. The Balaban J connectivity index is 1.68. The maximum Gasteiger partial charge on any atom is 0.415 e. The van der Waals surface area contributed by atoms with Gasteiger partial charge in [0, 0.05) is 33.5 Å². The first-order chi connectivity index (χ1) is 15.1. The van der Waals surface area contributed by atoms with Crippen LogP contribution < -0.4 is 11.1 Å². The van der Waals surface area contributed by atoms with Crippen molar-refractivity contribution in [2.45, 2.75) is 22.2 Å². The molecule has 1 aromatic heterocycles. The van der Waals surface area contributed by atoms with Gasteiger partial charge in [0.25, 0.3) is 5.91 Å². The van der Waals surface area contributed by atoms with E-state index < -0.39 is 42.1 Å². The first kappa shape index (κ1) is 23.2. The number of ether oxygens (including phenoxy) is 1. The molecule has 0 aliphatic carbocycles. The van der Waals surface area contributed by atoms with Crippen LogP contribution in [0.3, 0.4) is 0 Å². The van der Waals surface area contributed by atoms with Crippen LogP contribution in [0.15, 0.2) is 41.5 Å². The normalized spacial score (nSPS) is 25.2. The molecular formula is C20H17F4IN4O2S. The van der Waals surface area contributed by atoms with Gasteiger partial charge in [-0.15, -0.1) is 0 Å². The topological polar surface area (TPSA) is 89.6 Å². The smallest absolute Gasteiger partial charge is 0.379 e. The van der Waals surface area contributed by atoms with Gasteiger partial charge in [-0.2, -0.15) is 13.2 Å². The molecule has 0 saturated carbocycles. The minimum absolute atomic E-state index is 0.0252. The number of nitrogens with two attached hydrogens (primary N) is 1. The van der Waals surface area contributed by atoms with E-state index >= 15 is 0 Å². The lowest BCUT2D eigenvalue weighted by atomic mass is 9.78. The quantitative estimate of drug-likeness (QED) is 0.321. The fourth-order valence-corrected chi connectivity index (χ4v) is 5.34. The highest BCUT2D eigenvalue weighted by atomic mass is 127. The summed E-state index contributed by atoms with van der Waals surface area (Å²) in [5.41, 5.74) is 5.36. The largest absolute Gasteiger partial charge is 0.415 e. The van der Waals surface area contributed by atoms with E-state index in [1.54, 1.807) is 18.3 Å². The van der Waals surface area contributed by atoms with E-state index in [1.807, 2.05) is 0 Å². The highest BCUT2D eigenvalue weighted by Gasteiger charge is 2.62. The second kappa shape index (κ2) is 8.78. The number of fused-ring (bicyclic) bond motifs is 1. The van der Waals surface area contributed by atoms with Crippen molar-refractivity contribution >= 4 is 51.1 Å². The molecule has 1 aromatic carbocycles. The molecule has 0 radical (unpaired) electrons. The van der Waals surface area contributed by atoms with Crippen molar-refractivity contribution in [2.24, 2.45) is 16.6 Å². The lowest BCUT2D eigenvalue weighted by Crippen LogP contribution is -2.46. The molecule has 0 spiro atoms. The van der Waals surface area contributed by atoms with Gasteiger partial charge in [-0.25, -0.2) is 9.38 Å². The Labute approximate surface area is 198 Å². The summed E-state index contributed by atoms with van der Waals surface area (Å²) in [6.45, 7) is -0.475. The molecule has 6 nitrogen and oxygen atoms in total. The summed E-state index contributed by atoms with van der Waals surface area (Å²) in [5, 5.41) is 2.67. The van der Waals surface area contributed by atoms with Crippen LogP contribution in [0, 0.1) is 11.7 Å². The first-order valence-corrected chi connectivity index (χ1v) is 11.9. The number of nitrogens with zero attached hydrogens (tertiary/aromatic N) is 2. The fourth-order valence-electron chi connectivity index (χ4n) is 3.86. The van der Waals surface area contributed by atoms with Crippen molar-refractivity contribution in [2.75, 3.05) is 17.7 Å². The van der Waals surface area contributed by atoms with Crippen LogP contribution in [0.25, 0.3) is 0 Å². The lowest BCUT2D eigenvalue weighted by molar-refractivity contribution is -0.215. The van der Waals surface area contributed by atoms with Crippen molar-refractivity contribution in [3.63, 3.8) is 0 Å². The molecule has 32 heavy (non-hydrogen) atoms. The Morgan fingerprint density at radius 2 is 2.12 bits per heavy atom. The number of rotatable bonds is 4. The van der Waals surface area contributed by atoms with Crippen LogP contribution in [-0.4, -0.2) is 40.7 Å². The van der Waals surface area contributed by atoms with E-state index in [2.05, 4.69) is 37.9 Å². The van der Waals surface area contributed by atoms with Gasteiger partial charge in [0.2, 0.25) is 0 Å². The van der Waals surface area contributed by atoms with Gasteiger partial charge >= 0.3 is 6.18 Å². The Bertz CT molecular complexity index is 1070. The van der Waals surface area contributed by atoms with Crippen LogP contribution in [0.4, 0.5) is 23.2 Å². The highest BCUT2D eigenvalue weighted by Crippen LogP contribution is 2.52. The third-order valence-electron chi connectivity index (χ3n) is 5.41. The molecule has 3 heterocycles. The third kappa shape index (κ3) is 4.31. The first-order valence-electron chi connectivity index (χ1n) is 9.43. The predicted molar refractivity (Wildman–Crippen MR) is 121 cm³/mol. The second-order valence-corrected chi connectivity index (χ2v) is 9.20. The number of halogens is 5. The number of carbonyl (C=O) groups excluding carboxylic acids is 1. The molecule has 0 unspecified atom stereocenters. The average molecular weight is 580 g/mol. The summed E-state index contributed by atoms with van der Waals surface area (Å²) in [6, 6.07) is 7.01. The van der Waals surface area contributed by atoms with E-state index in [0.717, 1.165) is 27.8 Å². The van der Waals surface area contributed by atoms with E-state index in [1.165, 1.54) is 12.1 Å². The van der Waals surface area contributed by atoms with Gasteiger partial charge in [-0.3, -0.25) is 9.78 Å². The average Bonchev–Trinajstić information content (AvgIpc) is 3.15. The van der Waals surface area contributed by atoms with Crippen molar-refractivity contribution in [3.8, 4) is 0 Å². The number of carbonyl (C=O) groups is 1. The van der Waals surface area contributed by atoms with E-state index in [0.29, 0.717) is 0 Å². The minimum Gasteiger partial charge on any atom is -0.379 e. The zero-order valence-electron chi connectivity index (χ0n) is 16.3. The van der Waals surface area contributed by atoms with Crippen molar-refractivity contribution in [1.82, 2.24) is 4.98 Å². The Morgan fingerprint density at radius 1 is 1.34 bits per heavy atom. The summed E-state index contributed by atoms with van der Waals surface area (Å²) in [5.74, 6) is -2.48. The molecule has 1 saturated heterocycles. The van der Waals surface area contributed by atoms with Crippen molar-refractivity contribution < 1.29 is 27.1 Å². The molecule has 1 fully saturated rings. The van der Waals surface area contributed by atoms with E-state index in [4.69, 9.17) is 10.5 Å². The summed E-state index contributed by atoms with van der Waals surface area (Å²) in [4.78, 5) is 20.9. The Morgan fingerprint density at radius 3 is 2.78 bits per heavy atom. The van der Waals surface area contributed by atoms with Crippen molar-refractivity contribution in [3.05, 3.63) is 59.2 Å². The van der Waals surface area contributed by atoms with E-state index in [-0.39, 0.29) is 27.9 Å². The van der Waals surface area contributed by atoms with Crippen LogP contribution in [0.2, 0.25) is 0 Å². The summed E-state index contributed by atoms with van der Waals surface area (Å²) in [7, 11) is 0. The molecule has 170 valence electrons. The molecule has 12 heteroatoms. The zero-order valence-corrected chi connectivity index (χ0v) is 19.3. The number of benzene rings is 1. The molecule has 2 aliphatic rings. The zero-order chi connectivity index (χ0) is 23.1. The van der Waals surface area contributed by atoms with Gasteiger partial charge in [-0.05, 0) is 29.8 Å². The van der Waals surface area contributed by atoms with Gasteiger partial charge in [-0.1, -0.05) is 40.4 Å². The number of hydrogen-bond donors (Lipinski definition) is 2. The molecule has 3 atom stereocenters. The summed E-state index contributed by atoms with van der Waals surface area (Å²) < 4.78 is 61.3. The SMILES string of the molecule is NC1=N[C@@]2(c3cc(NC(=O)c4ccc(CI)cn4)ccc3F)CO[C@H](C(F)(F)F)[C@H]2CS1. The number of amidine groups is 1. The van der Waals surface area contributed by atoms with Crippen LogP contribution in [-0.2, 0) is 14.7 Å². The number of aromatic nitrogens is 1. The summed E-state index contributed by atoms with van der Waals surface area (Å²) >= 11 is 3.15.